The molecule has 0 saturated carbocycles. The van der Waals surface area contributed by atoms with Gasteiger partial charge in [0, 0.05) is 4.88 Å². The summed E-state index contributed by atoms with van der Waals surface area (Å²) in [5, 5.41) is 12.7. The fraction of sp³-hybridized carbons (Fsp3) is 0.240. The second kappa shape index (κ2) is 9.67. The van der Waals surface area contributed by atoms with E-state index in [4.69, 9.17) is 9.47 Å². The Hall–Kier alpha value is -3.63. The zero-order chi connectivity index (χ0) is 22.5. The monoisotopic (exact) mass is 446 g/mol. The Morgan fingerprint density at radius 1 is 1.16 bits per heavy atom. The summed E-state index contributed by atoms with van der Waals surface area (Å²) >= 11 is 1.43. The standard InChI is InChI=1S/C25H22N2O4S/c1-16-6-4-7-17(12-16)14-30-21-10-3-2-8-19(21)25(29)31-15-23(28)27-24-20(13-26)18-9-5-11-22(18)32-24/h2-4,6-8,10,12H,5,9,11,14-15H2,1H3,(H,27,28). The lowest BCUT2D eigenvalue weighted by Crippen LogP contribution is -2.21. The molecule has 1 aliphatic carbocycles. The number of anilines is 1. The molecule has 32 heavy (non-hydrogen) atoms. The molecule has 0 fully saturated rings. The van der Waals surface area contributed by atoms with Gasteiger partial charge >= 0.3 is 5.97 Å². The molecule has 2 aromatic carbocycles. The Morgan fingerprint density at radius 2 is 2.00 bits per heavy atom. The van der Waals surface area contributed by atoms with E-state index in [0.29, 0.717) is 22.9 Å². The molecular weight excluding hydrogens is 424 g/mol. The number of hydrogen-bond donors (Lipinski definition) is 1. The Balaban J connectivity index is 1.36. The number of fused-ring (bicyclic) bond motifs is 1. The number of ether oxygens (including phenoxy) is 2. The van der Waals surface area contributed by atoms with Crippen LogP contribution in [0.1, 0.15) is 43.9 Å². The third-order valence-corrected chi connectivity index (χ3v) is 6.41. The number of nitrogens with one attached hydrogen (secondary N) is 1. The number of carbonyl (C=O) groups excluding carboxylic acids is 2. The van der Waals surface area contributed by atoms with Crippen LogP contribution in [0.3, 0.4) is 0 Å². The number of benzene rings is 2. The maximum Gasteiger partial charge on any atom is 0.342 e. The number of thiophene rings is 1. The van der Waals surface area contributed by atoms with Gasteiger partial charge < -0.3 is 14.8 Å². The van der Waals surface area contributed by atoms with E-state index in [1.165, 1.54) is 11.3 Å². The van der Waals surface area contributed by atoms with Gasteiger partial charge in [-0.2, -0.15) is 5.26 Å². The molecule has 6 nitrogen and oxygen atoms in total. The van der Waals surface area contributed by atoms with Crippen molar-refractivity contribution in [3.8, 4) is 11.8 Å². The van der Waals surface area contributed by atoms with Crippen molar-refractivity contribution in [3.63, 3.8) is 0 Å². The summed E-state index contributed by atoms with van der Waals surface area (Å²) in [6.07, 6.45) is 2.82. The molecule has 0 unspecified atom stereocenters. The Morgan fingerprint density at radius 3 is 2.81 bits per heavy atom. The van der Waals surface area contributed by atoms with Crippen LogP contribution in [0.25, 0.3) is 0 Å². The molecule has 0 bridgehead atoms. The van der Waals surface area contributed by atoms with Crippen LogP contribution in [0, 0.1) is 18.3 Å². The van der Waals surface area contributed by atoms with Gasteiger partial charge in [-0.15, -0.1) is 11.3 Å². The minimum absolute atomic E-state index is 0.251. The molecule has 0 radical (unpaired) electrons. The van der Waals surface area contributed by atoms with Gasteiger partial charge in [0.25, 0.3) is 5.91 Å². The van der Waals surface area contributed by atoms with Crippen LogP contribution < -0.4 is 10.1 Å². The summed E-state index contributed by atoms with van der Waals surface area (Å²) in [6, 6.07) is 16.9. The predicted octanol–water partition coefficient (Wildman–Crippen LogP) is 4.79. The van der Waals surface area contributed by atoms with Crippen molar-refractivity contribution in [2.45, 2.75) is 32.8 Å². The summed E-state index contributed by atoms with van der Waals surface area (Å²) in [5.74, 6) is -0.733. The topological polar surface area (TPSA) is 88.4 Å². The minimum Gasteiger partial charge on any atom is -0.488 e. The fourth-order valence-electron chi connectivity index (χ4n) is 3.71. The maximum absolute atomic E-state index is 12.6. The van der Waals surface area contributed by atoms with Crippen molar-refractivity contribution >= 4 is 28.2 Å². The maximum atomic E-state index is 12.6. The lowest BCUT2D eigenvalue weighted by molar-refractivity contribution is -0.119. The molecule has 1 heterocycles. The molecule has 4 rings (SSSR count). The molecule has 0 aliphatic heterocycles. The SMILES string of the molecule is Cc1cccc(COc2ccccc2C(=O)OCC(=O)Nc2sc3c(c2C#N)CCC3)c1. The van der Waals surface area contributed by atoms with Crippen molar-refractivity contribution in [3.05, 3.63) is 81.2 Å². The van der Waals surface area contributed by atoms with Crippen molar-refractivity contribution in [1.29, 1.82) is 5.26 Å². The van der Waals surface area contributed by atoms with Crippen molar-refractivity contribution < 1.29 is 19.1 Å². The Bertz CT molecular complexity index is 1210. The van der Waals surface area contributed by atoms with Gasteiger partial charge in [-0.3, -0.25) is 4.79 Å². The average molecular weight is 447 g/mol. The minimum atomic E-state index is -0.644. The van der Waals surface area contributed by atoms with E-state index in [9.17, 15) is 14.9 Å². The van der Waals surface area contributed by atoms with Gasteiger partial charge in [-0.1, -0.05) is 42.0 Å². The van der Waals surface area contributed by atoms with Crippen LogP contribution >= 0.6 is 11.3 Å². The summed E-state index contributed by atoms with van der Waals surface area (Å²) in [4.78, 5) is 26.1. The first-order valence-electron chi connectivity index (χ1n) is 10.3. The number of para-hydroxylation sites is 1. The van der Waals surface area contributed by atoms with Crippen LogP contribution in [0.4, 0.5) is 5.00 Å². The summed E-state index contributed by atoms with van der Waals surface area (Å²) in [6.45, 7) is 1.87. The van der Waals surface area contributed by atoms with E-state index in [2.05, 4.69) is 11.4 Å². The molecule has 0 saturated heterocycles. The van der Waals surface area contributed by atoms with Gasteiger partial charge in [0.05, 0.1) is 5.56 Å². The zero-order valence-electron chi connectivity index (χ0n) is 17.6. The molecular formula is C25H22N2O4S. The van der Waals surface area contributed by atoms with Gasteiger partial charge in [0.15, 0.2) is 6.61 Å². The summed E-state index contributed by atoms with van der Waals surface area (Å²) in [7, 11) is 0. The van der Waals surface area contributed by atoms with E-state index in [1.807, 2.05) is 31.2 Å². The van der Waals surface area contributed by atoms with E-state index >= 15 is 0 Å². The van der Waals surface area contributed by atoms with Gasteiger partial charge in [-0.25, -0.2) is 4.79 Å². The van der Waals surface area contributed by atoms with E-state index in [0.717, 1.165) is 40.8 Å². The fourth-order valence-corrected chi connectivity index (χ4v) is 4.96. The third kappa shape index (κ3) is 4.82. The first-order chi connectivity index (χ1) is 15.5. The summed E-state index contributed by atoms with van der Waals surface area (Å²) < 4.78 is 11.0. The van der Waals surface area contributed by atoms with Gasteiger partial charge in [-0.05, 0) is 49.4 Å². The lowest BCUT2D eigenvalue weighted by Gasteiger charge is -2.12. The van der Waals surface area contributed by atoms with Crippen LogP contribution in [0.2, 0.25) is 0 Å². The number of hydrogen-bond acceptors (Lipinski definition) is 6. The Labute approximate surface area is 190 Å². The predicted molar refractivity (Wildman–Crippen MR) is 122 cm³/mol. The number of aryl methyl sites for hydroxylation is 2. The van der Waals surface area contributed by atoms with Gasteiger partial charge in [0.2, 0.25) is 0 Å². The summed E-state index contributed by atoms with van der Waals surface area (Å²) in [5.41, 5.74) is 3.92. The van der Waals surface area contributed by atoms with E-state index < -0.39 is 18.5 Å². The highest BCUT2D eigenvalue weighted by Crippen LogP contribution is 2.38. The molecule has 1 amide bonds. The van der Waals surface area contributed by atoms with Crippen LogP contribution in [0.15, 0.2) is 48.5 Å². The molecule has 1 aliphatic rings. The van der Waals surface area contributed by atoms with Crippen molar-refractivity contribution in [2.75, 3.05) is 11.9 Å². The van der Waals surface area contributed by atoms with Crippen LogP contribution in [-0.4, -0.2) is 18.5 Å². The molecule has 1 N–H and O–H groups in total. The van der Waals surface area contributed by atoms with Crippen molar-refractivity contribution in [1.82, 2.24) is 0 Å². The quantitative estimate of drug-likeness (QED) is 0.527. The zero-order valence-corrected chi connectivity index (χ0v) is 18.5. The largest absolute Gasteiger partial charge is 0.488 e. The van der Waals surface area contributed by atoms with Crippen LogP contribution in [0.5, 0.6) is 5.75 Å². The number of nitrogens with zero attached hydrogens (tertiary/aromatic N) is 1. The molecule has 1 aromatic heterocycles. The highest BCUT2D eigenvalue weighted by atomic mass is 32.1. The second-order valence-electron chi connectivity index (χ2n) is 7.57. The first kappa shape index (κ1) is 21.6. The number of esters is 1. The molecule has 0 spiro atoms. The Kier molecular flexibility index (Phi) is 6.52. The number of amides is 1. The third-order valence-electron chi connectivity index (χ3n) is 5.20. The normalized spacial score (nSPS) is 12.0. The highest BCUT2D eigenvalue weighted by molar-refractivity contribution is 7.16. The number of nitriles is 1. The number of rotatable bonds is 7. The molecule has 3 aromatic rings. The van der Waals surface area contributed by atoms with E-state index in [1.54, 1.807) is 24.3 Å². The van der Waals surface area contributed by atoms with E-state index in [-0.39, 0.29) is 5.56 Å². The first-order valence-corrected chi connectivity index (χ1v) is 11.2. The second-order valence-corrected chi connectivity index (χ2v) is 8.68. The smallest absolute Gasteiger partial charge is 0.342 e. The number of carbonyl (C=O) groups is 2. The molecule has 0 atom stereocenters. The molecule has 162 valence electrons. The lowest BCUT2D eigenvalue weighted by atomic mass is 10.1. The molecule has 7 heteroatoms. The van der Waals surface area contributed by atoms with Crippen molar-refractivity contribution in [2.24, 2.45) is 0 Å². The average Bonchev–Trinajstić information content (AvgIpc) is 3.37. The van der Waals surface area contributed by atoms with Crippen LogP contribution in [-0.2, 0) is 29.0 Å². The van der Waals surface area contributed by atoms with Gasteiger partial charge in [0.1, 0.15) is 29.0 Å². The highest BCUT2D eigenvalue weighted by Gasteiger charge is 2.23.